The first kappa shape index (κ1) is 19.3. The van der Waals surface area contributed by atoms with Gasteiger partial charge in [-0.2, -0.15) is 15.0 Å². The summed E-state index contributed by atoms with van der Waals surface area (Å²) >= 11 is 0. The predicted octanol–water partition coefficient (Wildman–Crippen LogP) is 0.404. The van der Waals surface area contributed by atoms with Crippen molar-refractivity contribution in [2.24, 2.45) is 7.05 Å². The Morgan fingerprint density at radius 3 is 2.69 bits per heavy atom. The maximum absolute atomic E-state index is 12.7. The zero-order chi connectivity index (χ0) is 20.6. The molecule has 0 saturated carbocycles. The van der Waals surface area contributed by atoms with Crippen LogP contribution in [0.3, 0.4) is 0 Å². The molecule has 1 N–H and O–H groups in total. The SMILES string of the molecule is COc1nc(CNS(=O)(=O)c2ccc3oc(=O)n(C)c3c2)nc(N2CCCC2)n1. The number of methoxy groups -OCH3 is 1. The molecular formula is C17H20N6O5S. The van der Waals surface area contributed by atoms with E-state index in [9.17, 15) is 13.2 Å². The summed E-state index contributed by atoms with van der Waals surface area (Å²) in [7, 11) is -0.916. The third kappa shape index (κ3) is 3.80. The van der Waals surface area contributed by atoms with Crippen molar-refractivity contribution in [2.45, 2.75) is 24.3 Å². The van der Waals surface area contributed by atoms with Crippen LogP contribution in [0.4, 0.5) is 5.95 Å². The molecule has 1 aliphatic rings. The van der Waals surface area contributed by atoms with Crippen molar-refractivity contribution >= 4 is 27.1 Å². The van der Waals surface area contributed by atoms with E-state index in [1.165, 1.54) is 36.9 Å². The van der Waals surface area contributed by atoms with Gasteiger partial charge in [-0.3, -0.25) is 4.57 Å². The summed E-state index contributed by atoms with van der Waals surface area (Å²) in [4.78, 5) is 26.4. The fraction of sp³-hybridized carbons (Fsp3) is 0.412. The number of rotatable bonds is 6. The molecule has 0 spiro atoms. The second-order valence-corrected chi connectivity index (χ2v) is 8.38. The number of aryl methyl sites for hydroxylation is 1. The summed E-state index contributed by atoms with van der Waals surface area (Å²) in [5, 5.41) is 0. The van der Waals surface area contributed by atoms with Gasteiger partial charge in [0.05, 0.1) is 24.1 Å². The molecule has 0 bridgehead atoms. The van der Waals surface area contributed by atoms with E-state index in [4.69, 9.17) is 9.15 Å². The normalized spacial score (nSPS) is 14.6. The number of nitrogens with zero attached hydrogens (tertiary/aromatic N) is 5. The van der Waals surface area contributed by atoms with E-state index in [0.29, 0.717) is 17.0 Å². The molecule has 12 heteroatoms. The largest absolute Gasteiger partial charge is 0.467 e. The van der Waals surface area contributed by atoms with Gasteiger partial charge in [-0.1, -0.05) is 0 Å². The quantitative estimate of drug-likeness (QED) is 0.602. The Morgan fingerprint density at radius 1 is 1.21 bits per heavy atom. The molecule has 0 atom stereocenters. The first-order chi connectivity index (χ1) is 13.9. The van der Waals surface area contributed by atoms with Gasteiger partial charge in [0.25, 0.3) is 0 Å². The fourth-order valence-electron chi connectivity index (χ4n) is 3.13. The van der Waals surface area contributed by atoms with Crippen LogP contribution in [0.5, 0.6) is 6.01 Å². The highest BCUT2D eigenvalue weighted by Gasteiger charge is 2.20. The van der Waals surface area contributed by atoms with Crippen molar-refractivity contribution in [3.8, 4) is 6.01 Å². The summed E-state index contributed by atoms with van der Waals surface area (Å²) < 4.78 is 39.3. The van der Waals surface area contributed by atoms with Crippen LogP contribution in [0.1, 0.15) is 18.7 Å². The van der Waals surface area contributed by atoms with Crippen LogP contribution in [-0.2, 0) is 23.6 Å². The number of nitrogens with one attached hydrogen (secondary N) is 1. The van der Waals surface area contributed by atoms with Crippen LogP contribution in [0.2, 0.25) is 0 Å². The standard InChI is InChI=1S/C17H20N6O5S/c1-22-12-9-11(5-6-13(12)28-17(22)24)29(25,26)18-10-14-19-15(21-16(20-14)27-2)23-7-3-4-8-23/h5-6,9,18H,3-4,7-8,10H2,1-2H3. The Morgan fingerprint density at radius 2 is 1.97 bits per heavy atom. The van der Waals surface area contributed by atoms with Crippen LogP contribution < -0.4 is 20.1 Å². The fourth-order valence-corrected chi connectivity index (χ4v) is 4.13. The van der Waals surface area contributed by atoms with Crippen LogP contribution in [0, 0.1) is 0 Å². The first-order valence-electron chi connectivity index (χ1n) is 9.00. The van der Waals surface area contributed by atoms with E-state index < -0.39 is 15.8 Å². The lowest BCUT2D eigenvalue weighted by molar-refractivity contribution is 0.375. The van der Waals surface area contributed by atoms with Crippen molar-refractivity contribution in [2.75, 3.05) is 25.1 Å². The smallest absolute Gasteiger partial charge is 0.419 e. The minimum Gasteiger partial charge on any atom is -0.467 e. The average Bonchev–Trinajstić information content (AvgIpc) is 3.35. The van der Waals surface area contributed by atoms with Crippen molar-refractivity contribution < 1.29 is 17.6 Å². The lowest BCUT2D eigenvalue weighted by atomic mass is 10.3. The van der Waals surface area contributed by atoms with Crippen molar-refractivity contribution in [3.05, 3.63) is 34.6 Å². The molecule has 1 fully saturated rings. The van der Waals surface area contributed by atoms with E-state index in [0.717, 1.165) is 25.9 Å². The molecule has 4 rings (SSSR count). The Labute approximate surface area is 166 Å². The zero-order valence-electron chi connectivity index (χ0n) is 16.0. The van der Waals surface area contributed by atoms with Crippen LogP contribution >= 0.6 is 0 Å². The van der Waals surface area contributed by atoms with Crippen molar-refractivity contribution in [3.63, 3.8) is 0 Å². The van der Waals surface area contributed by atoms with Crippen LogP contribution in [0.25, 0.3) is 11.1 Å². The Hall–Kier alpha value is -2.99. The Kier molecular flexibility index (Phi) is 4.96. The van der Waals surface area contributed by atoms with E-state index in [2.05, 4.69) is 19.7 Å². The minimum atomic E-state index is -3.87. The van der Waals surface area contributed by atoms with E-state index in [1.807, 2.05) is 4.90 Å². The number of aromatic nitrogens is 4. The van der Waals surface area contributed by atoms with Crippen molar-refractivity contribution in [1.82, 2.24) is 24.2 Å². The average molecular weight is 420 g/mol. The first-order valence-corrected chi connectivity index (χ1v) is 10.5. The summed E-state index contributed by atoms with van der Waals surface area (Å²) in [6, 6.07) is 4.33. The second kappa shape index (κ2) is 7.44. The molecule has 0 radical (unpaired) electrons. The molecule has 1 aliphatic heterocycles. The Balaban J connectivity index is 1.58. The summed E-state index contributed by atoms with van der Waals surface area (Å²) in [6.07, 6.45) is 2.10. The number of benzene rings is 1. The topological polar surface area (TPSA) is 132 Å². The maximum Gasteiger partial charge on any atom is 0.419 e. The number of sulfonamides is 1. The van der Waals surface area contributed by atoms with Crippen LogP contribution in [-0.4, -0.2) is 48.1 Å². The van der Waals surface area contributed by atoms with Crippen molar-refractivity contribution in [1.29, 1.82) is 0 Å². The van der Waals surface area contributed by atoms with Gasteiger partial charge in [-0.15, -0.1) is 0 Å². The molecule has 1 saturated heterocycles. The molecule has 0 amide bonds. The van der Waals surface area contributed by atoms with Gasteiger partial charge in [0, 0.05) is 20.1 Å². The molecule has 2 aromatic heterocycles. The predicted molar refractivity (Wildman–Crippen MR) is 103 cm³/mol. The molecule has 0 unspecified atom stereocenters. The maximum atomic E-state index is 12.7. The van der Waals surface area contributed by atoms with E-state index in [-0.39, 0.29) is 23.3 Å². The third-order valence-corrected chi connectivity index (χ3v) is 6.11. The molecule has 154 valence electrons. The van der Waals surface area contributed by atoms with Gasteiger partial charge in [-0.25, -0.2) is 17.9 Å². The van der Waals surface area contributed by atoms with Gasteiger partial charge in [0.1, 0.15) is 0 Å². The highest BCUT2D eigenvalue weighted by atomic mass is 32.2. The summed E-state index contributed by atoms with van der Waals surface area (Å²) in [5.41, 5.74) is 0.699. The van der Waals surface area contributed by atoms with Gasteiger partial charge in [0.2, 0.25) is 16.0 Å². The number of anilines is 1. The van der Waals surface area contributed by atoms with E-state index >= 15 is 0 Å². The monoisotopic (exact) mass is 420 g/mol. The highest BCUT2D eigenvalue weighted by Crippen LogP contribution is 2.20. The van der Waals surface area contributed by atoms with Gasteiger partial charge >= 0.3 is 11.8 Å². The summed E-state index contributed by atoms with van der Waals surface area (Å²) in [5.74, 6) is 0.159. The lowest BCUT2D eigenvalue weighted by Crippen LogP contribution is -2.26. The molecule has 3 aromatic rings. The molecular weight excluding hydrogens is 400 g/mol. The molecule has 3 heterocycles. The molecule has 29 heavy (non-hydrogen) atoms. The highest BCUT2D eigenvalue weighted by molar-refractivity contribution is 7.89. The minimum absolute atomic E-state index is 0.00203. The number of hydrogen-bond donors (Lipinski definition) is 1. The number of oxazole rings is 1. The molecule has 11 nitrogen and oxygen atoms in total. The lowest BCUT2D eigenvalue weighted by Gasteiger charge is -2.16. The molecule has 0 aliphatic carbocycles. The van der Waals surface area contributed by atoms with Crippen LogP contribution in [0.15, 0.2) is 32.3 Å². The van der Waals surface area contributed by atoms with Gasteiger partial charge in [-0.05, 0) is 31.0 Å². The van der Waals surface area contributed by atoms with Gasteiger partial charge in [0.15, 0.2) is 11.4 Å². The third-order valence-electron chi connectivity index (χ3n) is 4.71. The zero-order valence-corrected chi connectivity index (χ0v) is 16.8. The van der Waals surface area contributed by atoms with E-state index in [1.54, 1.807) is 0 Å². The molecule has 1 aromatic carbocycles. The number of hydrogen-bond acceptors (Lipinski definition) is 9. The number of ether oxygens (including phenoxy) is 1. The number of fused-ring (bicyclic) bond motifs is 1. The second-order valence-electron chi connectivity index (χ2n) is 6.61. The Bertz CT molecular complexity index is 1210. The summed E-state index contributed by atoms with van der Waals surface area (Å²) in [6.45, 7) is 1.54. The van der Waals surface area contributed by atoms with Gasteiger partial charge < -0.3 is 14.1 Å².